The molecule has 0 spiro atoms. The van der Waals surface area contributed by atoms with Gasteiger partial charge in [0, 0.05) is 22.6 Å². The molecule has 6 heteroatoms. The van der Waals surface area contributed by atoms with Crippen molar-refractivity contribution in [2.45, 2.75) is 31.9 Å². The molecule has 0 bridgehead atoms. The Morgan fingerprint density at radius 3 is 3.10 bits per heavy atom. The number of rotatable bonds is 6. The fraction of sp³-hybridized carbons (Fsp3) is 0.533. The van der Waals surface area contributed by atoms with Gasteiger partial charge < -0.3 is 9.47 Å². The van der Waals surface area contributed by atoms with E-state index in [-0.39, 0.29) is 12.1 Å². The van der Waals surface area contributed by atoms with E-state index in [1.807, 2.05) is 12.1 Å². The number of esters is 1. The zero-order valence-corrected chi connectivity index (χ0v) is 14.2. The second kappa shape index (κ2) is 8.13. The second-order valence-electron chi connectivity index (χ2n) is 4.89. The Bertz CT molecular complexity index is 492. The van der Waals surface area contributed by atoms with Crippen LogP contribution in [0.4, 0.5) is 0 Å². The summed E-state index contributed by atoms with van der Waals surface area (Å²) in [5.41, 5.74) is 0.711. The number of ether oxygens (including phenoxy) is 2. The predicted molar refractivity (Wildman–Crippen MR) is 85.5 cm³/mol. The molecular formula is C15H19BrClNO3. The molecule has 2 unspecified atom stereocenters. The molecular weight excluding hydrogens is 358 g/mol. The van der Waals surface area contributed by atoms with Crippen LogP contribution in [0.15, 0.2) is 22.7 Å². The van der Waals surface area contributed by atoms with Crippen LogP contribution in [0.1, 0.15) is 31.4 Å². The Balaban J connectivity index is 2.14. The third kappa shape index (κ3) is 4.68. The molecule has 1 fully saturated rings. The zero-order chi connectivity index (χ0) is 15.2. The van der Waals surface area contributed by atoms with Crippen molar-refractivity contribution >= 4 is 33.5 Å². The minimum Gasteiger partial charge on any atom is -0.465 e. The van der Waals surface area contributed by atoms with Crippen molar-refractivity contribution in [1.29, 1.82) is 0 Å². The highest BCUT2D eigenvalue weighted by Gasteiger charge is 2.26. The molecule has 1 N–H and O–H groups in total. The van der Waals surface area contributed by atoms with Crippen molar-refractivity contribution in [3.8, 4) is 0 Å². The Morgan fingerprint density at radius 1 is 1.62 bits per heavy atom. The van der Waals surface area contributed by atoms with Gasteiger partial charge in [0.05, 0.1) is 12.7 Å². The highest BCUT2D eigenvalue weighted by Crippen LogP contribution is 2.28. The van der Waals surface area contributed by atoms with Crippen molar-refractivity contribution in [3.63, 3.8) is 0 Å². The molecule has 1 aliphatic rings. The number of benzene rings is 1. The summed E-state index contributed by atoms with van der Waals surface area (Å²) in [6.45, 7) is 3.51. The Hall–Kier alpha value is -0.620. The summed E-state index contributed by atoms with van der Waals surface area (Å²) in [6, 6.07) is 4.86. The fourth-order valence-electron chi connectivity index (χ4n) is 2.34. The molecule has 116 valence electrons. The molecule has 2 atom stereocenters. The van der Waals surface area contributed by atoms with Crippen LogP contribution in [0.2, 0.25) is 5.02 Å². The van der Waals surface area contributed by atoms with E-state index in [0.717, 1.165) is 23.9 Å². The first kappa shape index (κ1) is 16.7. The summed E-state index contributed by atoms with van der Waals surface area (Å²) >= 11 is 9.64. The van der Waals surface area contributed by atoms with Crippen molar-refractivity contribution in [2.24, 2.45) is 0 Å². The largest absolute Gasteiger partial charge is 0.465 e. The van der Waals surface area contributed by atoms with Crippen LogP contribution in [-0.2, 0) is 14.3 Å². The number of hydrogen-bond donors (Lipinski definition) is 1. The van der Waals surface area contributed by atoms with Crippen LogP contribution in [0.25, 0.3) is 0 Å². The number of hydrogen-bond acceptors (Lipinski definition) is 4. The summed E-state index contributed by atoms with van der Waals surface area (Å²) in [4.78, 5) is 12.2. The maximum absolute atomic E-state index is 12.2. The van der Waals surface area contributed by atoms with Gasteiger partial charge in [-0.1, -0.05) is 27.5 Å². The van der Waals surface area contributed by atoms with Crippen LogP contribution in [-0.4, -0.2) is 31.8 Å². The number of carbonyl (C=O) groups is 1. The van der Waals surface area contributed by atoms with Crippen molar-refractivity contribution in [3.05, 3.63) is 33.3 Å². The Morgan fingerprint density at radius 2 is 2.43 bits per heavy atom. The van der Waals surface area contributed by atoms with E-state index in [9.17, 15) is 4.79 Å². The maximum Gasteiger partial charge on any atom is 0.327 e. The minimum absolute atomic E-state index is 0.146. The quantitative estimate of drug-likeness (QED) is 0.772. The van der Waals surface area contributed by atoms with Crippen molar-refractivity contribution in [2.75, 3.05) is 19.8 Å². The van der Waals surface area contributed by atoms with Crippen LogP contribution in [0, 0.1) is 0 Å². The van der Waals surface area contributed by atoms with E-state index < -0.39 is 6.04 Å². The van der Waals surface area contributed by atoms with E-state index in [1.165, 1.54) is 0 Å². The molecule has 2 rings (SSSR count). The lowest BCUT2D eigenvalue weighted by molar-refractivity contribution is -0.146. The van der Waals surface area contributed by atoms with Gasteiger partial charge in [-0.3, -0.25) is 5.32 Å². The number of nitrogens with one attached hydrogen (secondary N) is 1. The lowest BCUT2D eigenvalue weighted by atomic mass is 10.1. The summed E-state index contributed by atoms with van der Waals surface area (Å²) in [5.74, 6) is -0.324. The van der Waals surface area contributed by atoms with Gasteiger partial charge in [-0.05, 0) is 43.5 Å². The maximum atomic E-state index is 12.2. The third-order valence-corrected chi connectivity index (χ3v) is 4.20. The summed E-state index contributed by atoms with van der Waals surface area (Å²) in [7, 11) is 0. The normalized spacial score (nSPS) is 19.5. The van der Waals surface area contributed by atoms with Gasteiger partial charge in [-0.25, -0.2) is 4.79 Å². The zero-order valence-electron chi connectivity index (χ0n) is 11.9. The molecule has 21 heavy (non-hydrogen) atoms. The van der Waals surface area contributed by atoms with Gasteiger partial charge in [0.25, 0.3) is 0 Å². The molecule has 1 saturated heterocycles. The van der Waals surface area contributed by atoms with Crippen molar-refractivity contribution in [1.82, 2.24) is 5.32 Å². The Labute approximate surface area is 138 Å². The topological polar surface area (TPSA) is 47.6 Å². The summed E-state index contributed by atoms with van der Waals surface area (Å²) in [6.07, 6.45) is 2.22. The molecule has 0 aliphatic carbocycles. The average molecular weight is 377 g/mol. The highest BCUT2D eigenvalue weighted by atomic mass is 79.9. The van der Waals surface area contributed by atoms with Crippen molar-refractivity contribution < 1.29 is 14.3 Å². The Kier molecular flexibility index (Phi) is 6.48. The van der Waals surface area contributed by atoms with Gasteiger partial charge in [0.2, 0.25) is 0 Å². The molecule has 4 nitrogen and oxygen atoms in total. The molecule has 1 aliphatic heterocycles. The monoisotopic (exact) mass is 375 g/mol. The lowest BCUT2D eigenvalue weighted by Gasteiger charge is -2.21. The van der Waals surface area contributed by atoms with E-state index in [2.05, 4.69) is 21.2 Å². The number of halogens is 2. The van der Waals surface area contributed by atoms with Gasteiger partial charge in [-0.15, -0.1) is 0 Å². The summed E-state index contributed by atoms with van der Waals surface area (Å²) in [5, 5.41) is 3.76. The number of carbonyl (C=O) groups excluding carboxylic acids is 1. The lowest BCUT2D eigenvalue weighted by Crippen LogP contribution is -2.35. The molecule has 0 aromatic heterocycles. The molecule has 0 amide bonds. The second-order valence-corrected chi connectivity index (χ2v) is 6.22. The van der Waals surface area contributed by atoms with Gasteiger partial charge in [0.1, 0.15) is 6.04 Å². The summed E-state index contributed by atoms with van der Waals surface area (Å²) < 4.78 is 11.6. The standard InChI is InChI=1S/C15H19BrClNO3/c1-2-20-15(19)14(18-9-11-4-3-7-21-11)12-8-10(16)5-6-13(12)17/h5-6,8,11,14,18H,2-4,7,9H2,1H3. The van der Waals surface area contributed by atoms with E-state index >= 15 is 0 Å². The van der Waals surface area contributed by atoms with Crippen LogP contribution in [0.5, 0.6) is 0 Å². The molecule has 1 heterocycles. The van der Waals surface area contributed by atoms with Crippen LogP contribution >= 0.6 is 27.5 Å². The van der Waals surface area contributed by atoms with E-state index in [1.54, 1.807) is 13.0 Å². The van der Waals surface area contributed by atoms with Crippen LogP contribution < -0.4 is 5.32 Å². The van der Waals surface area contributed by atoms with Gasteiger partial charge in [-0.2, -0.15) is 0 Å². The molecule has 1 aromatic rings. The van der Waals surface area contributed by atoms with E-state index in [4.69, 9.17) is 21.1 Å². The predicted octanol–water partition coefficient (Wildman–Crippen LogP) is 3.48. The van der Waals surface area contributed by atoms with Crippen LogP contribution in [0.3, 0.4) is 0 Å². The first-order valence-corrected chi connectivity index (χ1v) is 8.25. The third-order valence-electron chi connectivity index (χ3n) is 3.36. The first-order chi connectivity index (χ1) is 10.1. The fourth-order valence-corrected chi connectivity index (χ4v) is 2.94. The molecule has 1 aromatic carbocycles. The first-order valence-electron chi connectivity index (χ1n) is 7.08. The smallest absolute Gasteiger partial charge is 0.327 e. The minimum atomic E-state index is -0.584. The highest BCUT2D eigenvalue weighted by molar-refractivity contribution is 9.10. The molecule has 0 radical (unpaired) electrons. The van der Waals surface area contributed by atoms with Gasteiger partial charge in [0.15, 0.2) is 0 Å². The molecule has 0 saturated carbocycles. The average Bonchev–Trinajstić information content (AvgIpc) is 2.96. The van der Waals surface area contributed by atoms with E-state index in [0.29, 0.717) is 23.7 Å². The van der Waals surface area contributed by atoms with Gasteiger partial charge >= 0.3 is 5.97 Å². The SMILES string of the molecule is CCOC(=O)C(NCC1CCCO1)c1cc(Br)ccc1Cl.